The molecule has 1 aliphatic rings. The number of likely N-dealkylation sites (tertiary alicyclic amines) is 1. The second kappa shape index (κ2) is 6.65. The molecule has 128 valence electrons. The first-order chi connectivity index (χ1) is 11.5. The van der Waals surface area contributed by atoms with Gasteiger partial charge in [-0.05, 0) is 42.8 Å². The Bertz CT molecular complexity index is 713. The summed E-state index contributed by atoms with van der Waals surface area (Å²) in [5.74, 6) is 0.271. The van der Waals surface area contributed by atoms with E-state index in [0.717, 1.165) is 0 Å². The highest BCUT2D eigenvalue weighted by Crippen LogP contribution is 2.27. The summed E-state index contributed by atoms with van der Waals surface area (Å²) in [5, 5.41) is 0. The number of hydrogen-bond acceptors (Lipinski definition) is 3. The Labute approximate surface area is 140 Å². The van der Waals surface area contributed by atoms with Crippen LogP contribution in [0.2, 0.25) is 0 Å². The summed E-state index contributed by atoms with van der Waals surface area (Å²) < 4.78 is 26.2. The molecule has 5 nitrogen and oxygen atoms in total. The van der Waals surface area contributed by atoms with E-state index in [2.05, 4.69) is 0 Å². The number of methoxy groups -OCH3 is 1. The van der Waals surface area contributed by atoms with Crippen LogP contribution in [0.15, 0.2) is 42.6 Å². The Kier molecular flexibility index (Phi) is 4.57. The normalized spacial score (nSPS) is 20.4. The zero-order chi connectivity index (χ0) is 17.2. The quantitative estimate of drug-likeness (QED) is 0.845. The summed E-state index contributed by atoms with van der Waals surface area (Å²) in [6.45, 7) is 1.39. The molecule has 1 saturated heterocycles. The second-order valence-electron chi connectivity index (χ2n) is 6.11. The van der Waals surface area contributed by atoms with E-state index in [-0.39, 0.29) is 11.7 Å². The molecule has 1 atom stereocenters. The molecule has 1 fully saturated rings. The number of amides is 1. The van der Waals surface area contributed by atoms with Crippen LogP contribution < -0.4 is 4.74 Å². The molecule has 0 aliphatic carbocycles. The largest absolute Gasteiger partial charge is 0.491 e. The third-order valence-corrected chi connectivity index (χ3v) is 4.51. The summed E-state index contributed by atoms with van der Waals surface area (Å²) in [6.07, 6.45) is 2.55. The van der Waals surface area contributed by atoms with Gasteiger partial charge >= 0.3 is 0 Å². The lowest BCUT2D eigenvalue weighted by Gasteiger charge is -2.28. The summed E-state index contributed by atoms with van der Waals surface area (Å²) >= 11 is 0. The van der Waals surface area contributed by atoms with Crippen molar-refractivity contribution in [2.45, 2.75) is 12.0 Å². The van der Waals surface area contributed by atoms with Crippen molar-refractivity contribution in [2.75, 3.05) is 26.8 Å². The van der Waals surface area contributed by atoms with Crippen molar-refractivity contribution >= 4 is 5.91 Å². The zero-order valence-corrected chi connectivity index (χ0v) is 13.9. The van der Waals surface area contributed by atoms with Gasteiger partial charge in [-0.3, -0.25) is 4.79 Å². The van der Waals surface area contributed by atoms with E-state index in [0.29, 0.717) is 37.6 Å². The summed E-state index contributed by atoms with van der Waals surface area (Å²) in [5.41, 5.74) is 0.108. The number of nitrogens with zero attached hydrogens (tertiary/aromatic N) is 2. The predicted octanol–water partition coefficient (Wildman–Crippen LogP) is 2.47. The van der Waals surface area contributed by atoms with E-state index in [4.69, 9.17) is 9.47 Å². The lowest BCUT2D eigenvalue weighted by atomic mass is 10.0. The molecule has 1 unspecified atom stereocenters. The molecule has 0 radical (unpaired) electrons. The van der Waals surface area contributed by atoms with Crippen LogP contribution in [0.5, 0.6) is 5.75 Å². The van der Waals surface area contributed by atoms with Gasteiger partial charge in [-0.1, -0.05) is 0 Å². The first kappa shape index (κ1) is 16.5. The molecule has 0 bridgehead atoms. The summed E-state index contributed by atoms with van der Waals surface area (Å²) in [4.78, 5) is 14.4. The highest BCUT2D eigenvalue weighted by Gasteiger charge is 2.41. The van der Waals surface area contributed by atoms with Gasteiger partial charge in [0.05, 0.1) is 6.54 Å². The number of carbonyl (C=O) groups excluding carboxylic acids is 1. The number of aryl methyl sites for hydroxylation is 1. The molecular formula is C18H21FN2O3. The fourth-order valence-electron chi connectivity index (χ4n) is 2.95. The van der Waals surface area contributed by atoms with Crippen molar-refractivity contribution in [1.29, 1.82) is 0 Å². The number of carbonyl (C=O) groups is 1. The maximum atomic E-state index is 13.0. The van der Waals surface area contributed by atoms with Gasteiger partial charge in [-0.2, -0.15) is 0 Å². The Morgan fingerprint density at radius 2 is 2.04 bits per heavy atom. The molecule has 1 aromatic heterocycles. The van der Waals surface area contributed by atoms with Gasteiger partial charge in [0, 0.05) is 26.9 Å². The SMILES string of the molecule is COC1(COc2ccc(F)cc2)CCN(C(=O)c2cccn2C)C1. The third-order valence-electron chi connectivity index (χ3n) is 4.51. The van der Waals surface area contributed by atoms with E-state index in [1.54, 1.807) is 24.1 Å². The van der Waals surface area contributed by atoms with Crippen LogP contribution in [0.1, 0.15) is 16.9 Å². The van der Waals surface area contributed by atoms with Crippen molar-refractivity contribution in [1.82, 2.24) is 9.47 Å². The van der Waals surface area contributed by atoms with Crippen LogP contribution in [-0.4, -0.2) is 47.8 Å². The van der Waals surface area contributed by atoms with Crippen molar-refractivity contribution in [3.63, 3.8) is 0 Å². The Balaban J connectivity index is 1.65. The summed E-state index contributed by atoms with van der Waals surface area (Å²) in [7, 11) is 3.48. The molecule has 24 heavy (non-hydrogen) atoms. The van der Waals surface area contributed by atoms with Gasteiger partial charge < -0.3 is 18.9 Å². The van der Waals surface area contributed by atoms with Gasteiger partial charge in [-0.25, -0.2) is 4.39 Å². The number of hydrogen-bond donors (Lipinski definition) is 0. The standard InChI is InChI=1S/C18H21FN2O3/c1-20-10-3-4-16(20)17(22)21-11-9-18(12-21,23-2)13-24-15-7-5-14(19)6-8-15/h3-8,10H,9,11-13H2,1-2H3. The van der Waals surface area contributed by atoms with Crippen LogP contribution >= 0.6 is 0 Å². The molecular weight excluding hydrogens is 311 g/mol. The smallest absolute Gasteiger partial charge is 0.270 e. The van der Waals surface area contributed by atoms with Crippen LogP contribution in [0.3, 0.4) is 0 Å². The topological polar surface area (TPSA) is 43.7 Å². The number of benzene rings is 1. The first-order valence-electron chi connectivity index (χ1n) is 7.87. The Morgan fingerprint density at radius 1 is 1.29 bits per heavy atom. The van der Waals surface area contributed by atoms with Crippen molar-refractivity contribution < 1.29 is 18.7 Å². The maximum absolute atomic E-state index is 13.0. The molecule has 1 amide bonds. The molecule has 0 saturated carbocycles. The third kappa shape index (κ3) is 3.28. The molecule has 2 heterocycles. The minimum Gasteiger partial charge on any atom is -0.491 e. The van der Waals surface area contributed by atoms with Crippen molar-refractivity contribution in [3.05, 3.63) is 54.1 Å². The lowest BCUT2D eigenvalue weighted by Crippen LogP contribution is -2.42. The minimum atomic E-state index is -0.546. The molecule has 0 N–H and O–H groups in total. The fourth-order valence-corrected chi connectivity index (χ4v) is 2.95. The molecule has 6 heteroatoms. The molecule has 2 aromatic rings. The number of ether oxygens (including phenoxy) is 2. The van der Waals surface area contributed by atoms with Gasteiger partial charge in [0.25, 0.3) is 5.91 Å². The average Bonchev–Trinajstić information content (AvgIpc) is 3.21. The van der Waals surface area contributed by atoms with Gasteiger partial charge in [0.15, 0.2) is 0 Å². The molecule has 0 spiro atoms. The minimum absolute atomic E-state index is 0.0109. The lowest BCUT2D eigenvalue weighted by molar-refractivity contribution is -0.0343. The van der Waals surface area contributed by atoms with Crippen LogP contribution in [0.4, 0.5) is 4.39 Å². The van der Waals surface area contributed by atoms with E-state index < -0.39 is 5.60 Å². The maximum Gasteiger partial charge on any atom is 0.270 e. The number of rotatable bonds is 5. The van der Waals surface area contributed by atoms with Crippen LogP contribution in [-0.2, 0) is 11.8 Å². The van der Waals surface area contributed by atoms with E-state index in [9.17, 15) is 9.18 Å². The second-order valence-corrected chi connectivity index (χ2v) is 6.11. The van der Waals surface area contributed by atoms with Gasteiger partial charge in [0.1, 0.15) is 29.5 Å². The van der Waals surface area contributed by atoms with E-state index in [1.165, 1.54) is 12.1 Å². The fraction of sp³-hybridized carbons (Fsp3) is 0.389. The molecule has 3 rings (SSSR count). The Hall–Kier alpha value is -2.34. The average molecular weight is 332 g/mol. The molecule has 1 aromatic carbocycles. The number of halogens is 1. The predicted molar refractivity (Wildman–Crippen MR) is 87.6 cm³/mol. The van der Waals surface area contributed by atoms with Crippen LogP contribution in [0, 0.1) is 5.82 Å². The highest BCUT2D eigenvalue weighted by molar-refractivity contribution is 5.93. The first-order valence-corrected chi connectivity index (χ1v) is 7.87. The molecule has 1 aliphatic heterocycles. The van der Waals surface area contributed by atoms with E-state index in [1.807, 2.05) is 29.9 Å². The summed E-state index contributed by atoms with van der Waals surface area (Å²) in [6, 6.07) is 9.54. The van der Waals surface area contributed by atoms with E-state index >= 15 is 0 Å². The zero-order valence-electron chi connectivity index (χ0n) is 13.9. The van der Waals surface area contributed by atoms with Gasteiger partial charge in [0.2, 0.25) is 0 Å². The van der Waals surface area contributed by atoms with Crippen LogP contribution in [0.25, 0.3) is 0 Å². The Morgan fingerprint density at radius 3 is 2.67 bits per heavy atom. The monoisotopic (exact) mass is 332 g/mol. The van der Waals surface area contributed by atoms with Crippen molar-refractivity contribution in [3.8, 4) is 5.75 Å². The highest BCUT2D eigenvalue weighted by atomic mass is 19.1. The van der Waals surface area contributed by atoms with Gasteiger partial charge in [-0.15, -0.1) is 0 Å². The van der Waals surface area contributed by atoms with Crippen molar-refractivity contribution in [2.24, 2.45) is 7.05 Å². The number of aromatic nitrogens is 1.